The van der Waals surface area contributed by atoms with Gasteiger partial charge in [0.05, 0.1) is 0 Å². The lowest BCUT2D eigenvalue weighted by Crippen LogP contribution is -2.42. The zero-order chi connectivity index (χ0) is 20.8. The highest BCUT2D eigenvalue weighted by molar-refractivity contribution is 5.80. The molecule has 0 aliphatic carbocycles. The Hall–Kier alpha value is -2.46. The van der Waals surface area contributed by atoms with Crippen molar-refractivity contribution < 1.29 is 9.18 Å². The van der Waals surface area contributed by atoms with Crippen molar-refractivity contribution in [2.24, 2.45) is 11.8 Å². The van der Waals surface area contributed by atoms with Crippen LogP contribution in [0.25, 0.3) is 0 Å². The van der Waals surface area contributed by atoms with E-state index in [0.717, 1.165) is 50.9 Å². The van der Waals surface area contributed by atoms with Gasteiger partial charge < -0.3 is 9.80 Å². The van der Waals surface area contributed by atoms with Crippen LogP contribution in [-0.2, 0) is 17.8 Å². The third kappa shape index (κ3) is 5.37. The van der Waals surface area contributed by atoms with Crippen molar-refractivity contribution in [3.63, 3.8) is 0 Å². The quantitative estimate of drug-likeness (QED) is 0.650. The van der Waals surface area contributed by atoms with E-state index in [9.17, 15) is 9.18 Å². The number of carbonyl (C=O) groups excluding carboxylic acids is 1. The molecule has 1 fully saturated rings. The average molecular weight is 407 g/mol. The summed E-state index contributed by atoms with van der Waals surface area (Å²) < 4.78 is 13.2. The monoisotopic (exact) mass is 406 g/mol. The molecule has 4 rings (SSSR count). The largest absolute Gasteiger partial charge is 0.334 e. The van der Waals surface area contributed by atoms with Gasteiger partial charge in [0.1, 0.15) is 5.82 Å². The van der Waals surface area contributed by atoms with E-state index in [-0.39, 0.29) is 17.6 Å². The van der Waals surface area contributed by atoms with Crippen molar-refractivity contribution in [1.82, 2.24) is 9.80 Å². The molecule has 2 aliphatic heterocycles. The number of rotatable bonds is 6. The molecule has 158 valence electrons. The van der Waals surface area contributed by atoms with Gasteiger partial charge in [0.15, 0.2) is 0 Å². The first-order valence-corrected chi connectivity index (χ1v) is 11.1. The Morgan fingerprint density at radius 1 is 0.900 bits per heavy atom. The van der Waals surface area contributed by atoms with Crippen LogP contribution in [0.1, 0.15) is 30.4 Å². The number of likely N-dealkylation sites (tertiary alicyclic amines) is 1. The average Bonchev–Trinajstić information content (AvgIpc) is 2.96. The van der Waals surface area contributed by atoms with Crippen LogP contribution in [0.15, 0.2) is 66.7 Å². The van der Waals surface area contributed by atoms with Crippen LogP contribution in [0.5, 0.6) is 0 Å². The summed E-state index contributed by atoms with van der Waals surface area (Å²) in [5.74, 6) is 0.536. The van der Waals surface area contributed by atoms with Crippen molar-refractivity contribution in [2.75, 3.05) is 26.2 Å². The standard InChI is InChI=1S/C26H31FN2O/c27-24-11-9-22(10-12-24)20-29-16-5-4-8-25(26(29)30)23-14-18-28(19-15-23)17-13-21-6-2-1-3-7-21/h1-7,9-12,23,25H,8,13-20H2. The molecule has 2 aromatic carbocycles. The van der Waals surface area contributed by atoms with Gasteiger partial charge >= 0.3 is 0 Å². The van der Waals surface area contributed by atoms with E-state index in [1.54, 1.807) is 12.1 Å². The van der Waals surface area contributed by atoms with E-state index in [1.807, 2.05) is 4.90 Å². The summed E-state index contributed by atoms with van der Waals surface area (Å²) in [4.78, 5) is 17.8. The van der Waals surface area contributed by atoms with Gasteiger partial charge in [-0.15, -0.1) is 0 Å². The summed E-state index contributed by atoms with van der Waals surface area (Å²) >= 11 is 0. The van der Waals surface area contributed by atoms with E-state index in [0.29, 0.717) is 19.0 Å². The first-order valence-electron chi connectivity index (χ1n) is 11.1. The number of carbonyl (C=O) groups is 1. The Morgan fingerprint density at radius 3 is 2.37 bits per heavy atom. The molecule has 30 heavy (non-hydrogen) atoms. The lowest BCUT2D eigenvalue weighted by Gasteiger charge is -2.36. The first kappa shape index (κ1) is 20.8. The summed E-state index contributed by atoms with van der Waals surface area (Å²) in [6.07, 6.45) is 8.38. The molecule has 3 nitrogen and oxygen atoms in total. The Balaban J connectivity index is 1.31. The third-order valence-electron chi connectivity index (χ3n) is 6.56. The van der Waals surface area contributed by atoms with Crippen LogP contribution >= 0.6 is 0 Å². The molecule has 1 unspecified atom stereocenters. The minimum absolute atomic E-state index is 0.0699. The fraction of sp³-hybridized carbons (Fsp3) is 0.423. The third-order valence-corrected chi connectivity index (χ3v) is 6.56. The highest BCUT2D eigenvalue weighted by Crippen LogP contribution is 2.31. The maximum absolute atomic E-state index is 13.3. The molecule has 2 heterocycles. The minimum Gasteiger partial charge on any atom is -0.334 e. The SMILES string of the molecule is O=C1C(C2CCN(CCc3ccccc3)CC2)CC=CCN1Cc1ccc(F)cc1. The molecule has 0 N–H and O–H groups in total. The fourth-order valence-corrected chi connectivity index (χ4v) is 4.73. The highest BCUT2D eigenvalue weighted by atomic mass is 19.1. The normalized spacial score (nSPS) is 21.0. The van der Waals surface area contributed by atoms with Gasteiger partial charge in [0.25, 0.3) is 0 Å². The second-order valence-corrected chi connectivity index (χ2v) is 8.57. The molecule has 2 aliphatic rings. The van der Waals surface area contributed by atoms with Gasteiger partial charge in [0, 0.05) is 25.6 Å². The van der Waals surface area contributed by atoms with Gasteiger partial charge in [0.2, 0.25) is 5.91 Å². The van der Waals surface area contributed by atoms with Crippen LogP contribution in [0.2, 0.25) is 0 Å². The second kappa shape index (κ2) is 10.0. The molecule has 1 atom stereocenters. The zero-order valence-electron chi connectivity index (χ0n) is 17.6. The van der Waals surface area contributed by atoms with Gasteiger partial charge in [-0.1, -0.05) is 54.6 Å². The number of nitrogens with zero attached hydrogens (tertiary/aromatic N) is 2. The number of allylic oxidation sites excluding steroid dienone is 1. The van der Waals surface area contributed by atoms with Crippen LogP contribution in [0.3, 0.4) is 0 Å². The number of hydrogen-bond acceptors (Lipinski definition) is 2. The number of halogens is 1. The van der Waals surface area contributed by atoms with Crippen LogP contribution < -0.4 is 0 Å². The minimum atomic E-state index is -0.238. The molecule has 0 bridgehead atoms. The predicted molar refractivity (Wildman–Crippen MR) is 118 cm³/mol. The summed E-state index contributed by atoms with van der Waals surface area (Å²) in [6, 6.07) is 17.1. The van der Waals surface area contributed by atoms with Crippen molar-refractivity contribution in [3.8, 4) is 0 Å². The molecule has 1 saturated heterocycles. The van der Waals surface area contributed by atoms with Crippen molar-refractivity contribution in [1.29, 1.82) is 0 Å². The number of amides is 1. The Morgan fingerprint density at radius 2 is 1.63 bits per heavy atom. The Kier molecular flexibility index (Phi) is 6.96. The number of hydrogen-bond donors (Lipinski definition) is 0. The lowest BCUT2D eigenvalue weighted by atomic mass is 9.81. The van der Waals surface area contributed by atoms with Crippen LogP contribution in [0, 0.1) is 17.7 Å². The summed E-state index contributed by atoms with van der Waals surface area (Å²) in [7, 11) is 0. The summed E-state index contributed by atoms with van der Waals surface area (Å²) in [6.45, 7) is 4.43. The molecule has 0 aromatic heterocycles. The lowest BCUT2D eigenvalue weighted by molar-refractivity contribution is -0.137. The maximum Gasteiger partial charge on any atom is 0.226 e. The summed E-state index contributed by atoms with van der Waals surface area (Å²) in [5, 5.41) is 0. The van der Waals surface area contributed by atoms with Crippen LogP contribution in [0.4, 0.5) is 4.39 Å². The van der Waals surface area contributed by atoms with Crippen molar-refractivity contribution in [2.45, 2.75) is 32.2 Å². The number of benzene rings is 2. The first-order chi connectivity index (χ1) is 14.7. The van der Waals surface area contributed by atoms with E-state index in [1.165, 1.54) is 17.7 Å². The Labute approximate surface area is 179 Å². The highest BCUT2D eigenvalue weighted by Gasteiger charge is 2.34. The van der Waals surface area contributed by atoms with Crippen molar-refractivity contribution in [3.05, 3.63) is 83.7 Å². The molecule has 2 aromatic rings. The summed E-state index contributed by atoms with van der Waals surface area (Å²) in [5.41, 5.74) is 2.37. The number of piperidine rings is 1. The Bertz CT molecular complexity index is 841. The molecular weight excluding hydrogens is 375 g/mol. The van der Waals surface area contributed by atoms with Crippen molar-refractivity contribution >= 4 is 5.91 Å². The molecular formula is C26H31FN2O. The molecule has 4 heteroatoms. The smallest absolute Gasteiger partial charge is 0.226 e. The van der Waals surface area contributed by atoms with Gasteiger partial charge in [-0.25, -0.2) is 4.39 Å². The van der Waals surface area contributed by atoms with E-state index >= 15 is 0 Å². The van der Waals surface area contributed by atoms with E-state index < -0.39 is 0 Å². The molecule has 0 spiro atoms. The molecule has 0 saturated carbocycles. The topological polar surface area (TPSA) is 23.6 Å². The van der Waals surface area contributed by atoms with Gasteiger partial charge in [-0.05, 0) is 68.0 Å². The van der Waals surface area contributed by atoms with Gasteiger partial charge in [-0.3, -0.25) is 4.79 Å². The zero-order valence-corrected chi connectivity index (χ0v) is 17.6. The van der Waals surface area contributed by atoms with E-state index in [2.05, 4.69) is 47.4 Å². The van der Waals surface area contributed by atoms with E-state index in [4.69, 9.17) is 0 Å². The molecule has 0 radical (unpaired) electrons. The van der Waals surface area contributed by atoms with Crippen LogP contribution in [-0.4, -0.2) is 41.9 Å². The molecule has 1 amide bonds. The van der Waals surface area contributed by atoms with Gasteiger partial charge in [-0.2, -0.15) is 0 Å². The second-order valence-electron chi connectivity index (χ2n) is 8.57. The fourth-order valence-electron chi connectivity index (χ4n) is 4.73. The maximum atomic E-state index is 13.3. The predicted octanol–water partition coefficient (Wildman–Crippen LogP) is 4.69.